The lowest BCUT2D eigenvalue weighted by molar-refractivity contribution is -0.148. The van der Waals surface area contributed by atoms with Gasteiger partial charge in [0, 0.05) is 12.6 Å². The summed E-state index contributed by atoms with van der Waals surface area (Å²) in [5.41, 5.74) is 5.14. The van der Waals surface area contributed by atoms with Crippen LogP contribution in [0.5, 0.6) is 0 Å². The van der Waals surface area contributed by atoms with Gasteiger partial charge in [0.2, 0.25) is 5.91 Å². The first-order valence-electron chi connectivity index (χ1n) is 6.82. The monoisotopic (exact) mass is 254 g/mol. The Bertz CT molecular complexity index is 337. The topological polar surface area (TPSA) is 92.4 Å². The molecule has 0 aromatic heterocycles. The highest BCUT2D eigenvalue weighted by molar-refractivity contribution is 5.81. The molecule has 0 heterocycles. The van der Waals surface area contributed by atoms with Gasteiger partial charge in [-0.25, -0.2) is 0 Å². The summed E-state index contributed by atoms with van der Waals surface area (Å²) in [6.45, 7) is 0.254. The van der Waals surface area contributed by atoms with Crippen molar-refractivity contribution in [2.24, 2.45) is 17.1 Å². The van der Waals surface area contributed by atoms with Gasteiger partial charge in [-0.1, -0.05) is 19.3 Å². The maximum Gasteiger partial charge on any atom is 0.311 e. The summed E-state index contributed by atoms with van der Waals surface area (Å²) >= 11 is 0. The van der Waals surface area contributed by atoms with E-state index in [0.717, 1.165) is 32.1 Å². The van der Waals surface area contributed by atoms with E-state index < -0.39 is 11.4 Å². The van der Waals surface area contributed by atoms with Crippen LogP contribution >= 0.6 is 0 Å². The average Bonchev–Trinajstić information content (AvgIpc) is 2.95. The summed E-state index contributed by atoms with van der Waals surface area (Å²) in [6, 6.07) is -0.0608. The van der Waals surface area contributed by atoms with Crippen LogP contribution < -0.4 is 11.1 Å². The van der Waals surface area contributed by atoms with Crippen LogP contribution in [0.2, 0.25) is 0 Å². The second kappa shape index (κ2) is 5.26. The predicted octanol–water partition coefficient (Wildman–Crippen LogP) is 0.875. The zero-order valence-corrected chi connectivity index (χ0v) is 10.7. The fourth-order valence-corrected chi connectivity index (χ4v) is 3.22. The summed E-state index contributed by atoms with van der Waals surface area (Å²) in [4.78, 5) is 23.3. The normalized spacial score (nSPS) is 30.3. The Kier molecular flexibility index (Phi) is 3.90. The number of carboxylic acid groups (broad SMARTS) is 1. The van der Waals surface area contributed by atoms with Crippen molar-refractivity contribution >= 4 is 11.9 Å². The number of amides is 1. The van der Waals surface area contributed by atoms with Gasteiger partial charge < -0.3 is 16.2 Å². The van der Waals surface area contributed by atoms with Crippen molar-refractivity contribution in [3.63, 3.8) is 0 Å². The summed E-state index contributed by atoms with van der Waals surface area (Å²) in [7, 11) is 0. The Morgan fingerprint density at radius 1 is 1.22 bits per heavy atom. The summed E-state index contributed by atoms with van der Waals surface area (Å²) in [5, 5.41) is 12.1. The highest BCUT2D eigenvalue weighted by Gasteiger charge is 2.42. The number of hydrogen-bond donors (Lipinski definition) is 3. The fraction of sp³-hybridized carbons (Fsp3) is 0.846. The van der Waals surface area contributed by atoms with Gasteiger partial charge in [0.05, 0.1) is 11.3 Å². The number of nitrogens with two attached hydrogens (primary N) is 1. The Morgan fingerprint density at radius 3 is 2.39 bits per heavy atom. The summed E-state index contributed by atoms with van der Waals surface area (Å²) in [5.74, 6) is -0.971. The Labute approximate surface area is 107 Å². The van der Waals surface area contributed by atoms with Crippen LogP contribution in [0.4, 0.5) is 0 Å². The Hall–Kier alpha value is -1.10. The lowest BCUT2D eigenvalue weighted by atomic mass is 9.86. The van der Waals surface area contributed by atoms with Crippen molar-refractivity contribution in [2.45, 2.75) is 51.0 Å². The molecule has 5 heteroatoms. The molecule has 2 aliphatic rings. The lowest BCUT2D eigenvalue weighted by Gasteiger charge is -2.25. The molecule has 102 valence electrons. The Balaban J connectivity index is 1.90. The average molecular weight is 254 g/mol. The van der Waals surface area contributed by atoms with E-state index in [9.17, 15) is 14.7 Å². The molecule has 0 saturated heterocycles. The third-order valence-electron chi connectivity index (χ3n) is 4.52. The van der Waals surface area contributed by atoms with Gasteiger partial charge in [-0.2, -0.15) is 0 Å². The molecule has 18 heavy (non-hydrogen) atoms. The number of rotatable bonds is 4. The van der Waals surface area contributed by atoms with Crippen LogP contribution in [-0.2, 0) is 9.59 Å². The van der Waals surface area contributed by atoms with E-state index >= 15 is 0 Å². The quantitative estimate of drug-likeness (QED) is 0.694. The van der Waals surface area contributed by atoms with Crippen LogP contribution in [0.25, 0.3) is 0 Å². The smallest absolute Gasteiger partial charge is 0.311 e. The van der Waals surface area contributed by atoms with Crippen molar-refractivity contribution in [3.05, 3.63) is 0 Å². The first kappa shape index (κ1) is 13.3. The molecule has 0 aromatic carbocycles. The molecule has 5 nitrogen and oxygen atoms in total. The van der Waals surface area contributed by atoms with Crippen LogP contribution in [0.15, 0.2) is 0 Å². The minimum absolute atomic E-state index is 0.0608. The number of carbonyl (C=O) groups is 2. The molecule has 0 bridgehead atoms. The van der Waals surface area contributed by atoms with E-state index in [1.54, 1.807) is 0 Å². The standard InChI is InChI=1S/C13H22N2O3/c14-10-5-3-4-9(10)11(16)15-8-13(12(17)18)6-1-2-7-13/h9-10H,1-8,14H2,(H,15,16)(H,17,18). The highest BCUT2D eigenvalue weighted by Crippen LogP contribution is 2.38. The number of carboxylic acids is 1. The van der Waals surface area contributed by atoms with E-state index in [-0.39, 0.29) is 24.4 Å². The third-order valence-corrected chi connectivity index (χ3v) is 4.52. The number of aliphatic carboxylic acids is 1. The van der Waals surface area contributed by atoms with Crippen molar-refractivity contribution < 1.29 is 14.7 Å². The van der Waals surface area contributed by atoms with Gasteiger partial charge >= 0.3 is 5.97 Å². The van der Waals surface area contributed by atoms with E-state index in [2.05, 4.69) is 5.32 Å². The molecule has 0 aromatic rings. The van der Waals surface area contributed by atoms with E-state index in [0.29, 0.717) is 12.8 Å². The predicted molar refractivity (Wildman–Crippen MR) is 66.9 cm³/mol. The molecular weight excluding hydrogens is 232 g/mol. The molecule has 2 unspecified atom stereocenters. The molecule has 0 spiro atoms. The fourth-order valence-electron chi connectivity index (χ4n) is 3.22. The van der Waals surface area contributed by atoms with Gasteiger partial charge in [0.15, 0.2) is 0 Å². The molecule has 1 amide bonds. The van der Waals surface area contributed by atoms with E-state index in [4.69, 9.17) is 5.73 Å². The van der Waals surface area contributed by atoms with E-state index in [1.807, 2.05) is 0 Å². The summed E-state index contributed by atoms with van der Waals surface area (Å²) in [6.07, 6.45) is 5.91. The van der Waals surface area contributed by atoms with Crippen molar-refractivity contribution in [3.8, 4) is 0 Å². The molecule has 0 aliphatic heterocycles. The minimum atomic E-state index is -0.781. The van der Waals surface area contributed by atoms with Gasteiger partial charge in [0.1, 0.15) is 0 Å². The van der Waals surface area contributed by atoms with Crippen molar-refractivity contribution in [2.75, 3.05) is 6.54 Å². The second-order valence-corrected chi connectivity index (χ2v) is 5.71. The summed E-state index contributed by atoms with van der Waals surface area (Å²) < 4.78 is 0. The molecular formula is C13H22N2O3. The van der Waals surface area contributed by atoms with Crippen LogP contribution in [-0.4, -0.2) is 29.6 Å². The minimum Gasteiger partial charge on any atom is -0.481 e. The number of carbonyl (C=O) groups excluding carboxylic acids is 1. The largest absolute Gasteiger partial charge is 0.481 e. The van der Waals surface area contributed by atoms with Crippen molar-refractivity contribution in [1.29, 1.82) is 0 Å². The second-order valence-electron chi connectivity index (χ2n) is 5.71. The molecule has 2 fully saturated rings. The molecule has 2 saturated carbocycles. The van der Waals surface area contributed by atoms with Gasteiger partial charge in [-0.3, -0.25) is 9.59 Å². The SMILES string of the molecule is NC1CCCC1C(=O)NCC1(C(=O)O)CCCC1. The molecule has 2 aliphatic carbocycles. The van der Waals surface area contributed by atoms with Crippen LogP contribution in [0, 0.1) is 11.3 Å². The van der Waals surface area contributed by atoms with Gasteiger partial charge in [-0.05, 0) is 25.7 Å². The van der Waals surface area contributed by atoms with Crippen molar-refractivity contribution in [1.82, 2.24) is 5.32 Å². The number of nitrogens with one attached hydrogen (secondary N) is 1. The molecule has 2 atom stereocenters. The first-order chi connectivity index (χ1) is 8.55. The highest BCUT2D eigenvalue weighted by atomic mass is 16.4. The van der Waals surface area contributed by atoms with Crippen LogP contribution in [0.1, 0.15) is 44.9 Å². The molecule has 4 N–H and O–H groups in total. The van der Waals surface area contributed by atoms with Gasteiger partial charge in [0.25, 0.3) is 0 Å². The zero-order chi connectivity index (χ0) is 13.2. The van der Waals surface area contributed by atoms with Crippen LogP contribution in [0.3, 0.4) is 0 Å². The number of hydrogen-bond acceptors (Lipinski definition) is 3. The Morgan fingerprint density at radius 2 is 1.89 bits per heavy atom. The molecule has 2 rings (SSSR count). The van der Waals surface area contributed by atoms with Gasteiger partial charge in [-0.15, -0.1) is 0 Å². The first-order valence-corrected chi connectivity index (χ1v) is 6.82. The third kappa shape index (κ3) is 2.51. The maximum atomic E-state index is 12.0. The van der Waals surface area contributed by atoms with E-state index in [1.165, 1.54) is 0 Å². The maximum absolute atomic E-state index is 12.0. The molecule has 0 radical (unpaired) electrons. The zero-order valence-electron chi connectivity index (χ0n) is 10.7. The lowest BCUT2D eigenvalue weighted by Crippen LogP contribution is -2.45.